The van der Waals surface area contributed by atoms with Crippen molar-refractivity contribution in [3.05, 3.63) is 29.3 Å². The van der Waals surface area contributed by atoms with Gasteiger partial charge in [-0.2, -0.15) is 0 Å². The van der Waals surface area contributed by atoms with Gasteiger partial charge >= 0.3 is 0 Å². The molecule has 0 amide bonds. The van der Waals surface area contributed by atoms with E-state index in [4.69, 9.17) is 5.11 Å². The molecule has 84 valence electrons. The van der Waals surface area contributed by atoms with E-state index in [0.717, 1.165) is 12.1 Å². The van der Waals surface area contributed by atoms with Gasteiger partial charge in [-0.3, -0.25) is 0 Å². The van der Waals surface area contributed by atoms with Crippen LogP contribution in [0.25, 0.3) is 0 Å². The molecule has 0 saturated heterocycles. The van der Waals surface area contributed by atoms with Crippen LogP contribution >= 0.6 is 0 Å². The van der Waals surface area contributed by atoms with Gasteiger partial charge < -0.3 is 9.84 Å². The van der Waals surface area contributed by atoms with Crippen molar-refractivity contribution in [2.75, 3.05) is 13.7 Å². The first-order chi connectivity index (χ1) is 6.92. The number of aliphatic hydroxyl groups excluding tert-OH is 1. The van der Waals surface area contributed by atoms with Crippen LogP contribution < -0.4 is 4.74 Å². The van der Waals surface area contributed by atoms with E-state index in [9.17, 15) is 8.78 Å². The summed E-state index contributed by atoms with van der Waals surface area (Å²) in [5.41, 5.74) is -0.666. The molecule has 0 bridgehead atoms. The van der Waals surface area contributed by atoms with Gasteiger partial charge in [0.05, 0.1) is 13.7 Å². The Morgan fingerprint density at radius 2 is 1.87 bits per heavy atom. The molecule has 0 unspecified atom stereocenters. The lowest BCUT2D eigenvalue weighted by molar-refractivity contribution is 0.214. The smallest absolute Gasteiger partial charge is 0.165 e. The maximum absolute atomic E-state index is 13.5. The molecule has 15 heavy (non-hydrogen) atoms. The van der Waals surface area contributed by atoms with E-state index in [1.807, 2.05) is 0 Å². The number of rotatable bonds is 3. The lowest BCUT2D eigenvalue weighted by atomic mass is 9.85. The van der Waals surface area contributed by atoms with Crippen LogP contribution in [0.1, 0.15) is 19.4 Å². The highest BCUT2D eigenvalue weighted by atomic mass is 19.1. The molecular formula is C11H14F2O2. The zero-order chi connectivity index (χ0) is 11.6. The van der Waals surface area contributed by atoms with Crippen LogP contribution in [0.5, 0.6) is 5.75 Å². The monoisotopic (exact) mass is 216 g/mol. The molecule has 0 radical (unpaired) electrons. The van der Waals surface area contributed by atoms with Crippen molar-refractivity contribution < 1.29 is 18.6 Å². The molecule has 1 aromatic carbocycles. The molecule has 1 N–H and O–H groups in total. The Kier molecular flexibility index (Phi) is 3.29. The molecule has 0 saturated carbocycles. The third-order valence-corrected chi connectivity index (χ3v) is 2.37. The van der Waals surface area contributed by atoms with Crippen LogP contribution in [0, 0.1) is 11.6 Å². The molecular weight excluding hydrogens is 202 g/mol. The van der Waals surface area contributed by atoms with Gasteiger partial charge in [0.15, 0.2) is 11.6 Å². The lowest BCUT2D eigenvalue weighted by Crippen LogP contribution is -2.24. The zero-order valence-electron chi connectivity index (χ0n) is 8.97. The molecule has 0 aromatic heterocycles. The number of hydrogen-bond acceptors (Lipinski definition) is 2. The van der Waals surface area contributed by atoms with Crippen molar-refractivity contribution in [1.82, 2.24) is 0 Å². The number of ether oxygens (including phenoxy) is 1. The van der Waals surface area contributed by atoms with E-state index in [-0.39, 0.29) is 17.9 Å². The highest BCUT2D eigenvalue weighted by Crippen LogP contribution is 2.29. The minimum atomic E-state index is -0.808. The summed E-state index contributed by atoms with van der Waals surface area (Å²) in [7, 11) is 1.27. The minimum absolute atomic E-state index is 0.134. The summed E-state index contributed by atoms with van der Waals surface area (Å²) in [6.07, 6.45) is 0. The number of halogens is 2. The Hall–Kier alpha value is -1.16. The fourth-order valence-corrected chi connectivity index (χ4v) is 1.29. The van der Waals surface area contributed by atoms with Crippen LogP contribution in [0.2, 0.25) is 0 Å². The van der Waals surface area contributed by atoms with E-state index in [0.29, 0.717) is 0 Å². The summed E-state index contributed by atoms with van der Waals surface area (Å²) in [5, 5.41) is 9.07. The summed E-state index contributed by atoms with van der Waals surface area (Å²) in [6, 6.07) is 2.05. The highest BCUT2D eigenvalue weighted by Gasteiger charge is 2.25. The summed E-state index contributed by atoms with van der Waals surface area (Å²) in [6.45, 7) is 3.02. The van der Waals surface area contributed by atoms with Crippen molar-refractivity contribution in [2.45, 2.75) is 19.3 Å². The molecule has 0 fully saturated rings. The second-order valence-electron chi connectivity index (χ2n) is 4.01. The van der Waals surface area contributed by atoms with Crippen LogP contribution in [-0.2, 0) is 5.41 Å². The van der Waals surface area contributed by atoms with Crippen molar-refractivity contribution in [3.8, 4) is 5.75 Å². The van der Waals surface area contributed by atoms with Gasteiger partial charge in [-0.1, -0.05) is 13.8 Å². The Balaban J connectivity index is 3.28. The number of methoxy groups -OCH3 is 1. The highest BCUT2D eigenvalue weighted by molar-refractivity contribution is 5.34. The first kappa shape index (κ1) is 11.9. The molecule has 4 heteroatoms. The SMILES string of the molecule is COc1cc(F)c(C(C)(C)CO)cc1F. The molecule has 1 rings (SSSR count). The van der Waals surface area contributed by atoms with Gasteiger partial charge in [0.2, 0.25) is 0 Å². The van der Waals surface area contributed by atoms with E-state index in [1.54, 1.807) is 13.8 Å². The molecule has 0 atom stereocenters. The number of hydrogen-bond donors (Lipinski definition) is 1. The van der Waals surface area contributed by atoms with E-state index in [1.165, 1.54) is 7.11 Å². The molecule has 1 aromatic rings. The fourth-order valence-electron chi connectivity index (χ4n) is 1.29. The van der Waals surface area contributed by atoms with E-state index >= 15 is 0 Å². The van der Waals surface area contributed by atoms with Crippen molar-refractivity contribution in [1.29, 1.82) is 0 Å². The normalized spacial score (nSPS) is 11.6. The van der Waals surface area contributed by atoms with Crippen molar-refractivity contribution >= 4 is 0 Å². The first-order valence-corrected chi connectivity index (χ1v) is 4.56. The van der Waals surface area contributed by atoms with Crippen LogP contribution in [0.3, 0.4) is 0 Å². The van der Waals surface area contributed by atoms with Crippen molar-refractivity contribution in [2.24, 2.45) is 0 Å². The van der Waals surface area contributed by atoms with Gasteiger partial charge in [-0.25, -0.2) is 8.78 Å². The third kappa shape index (κ3) is 2.26. The van der Waals surface area contributed by atoms with Gasteiger partial charge in [-0.15, -0.1) is 0 Å². The molecule has 0 spiro atoms. The largest absolute Gasteiger partial charge is 0.494 e. The molecule has 0 aliphatic carbocycles. The Morgan fingerprint density at radius 1 is 1.27 bits per heavy atom. The Labute approximate surface area is 87.5 Å². The van der Waals surface area contributed by atoms with E-state index in [2.05, 4.69) is 4.74 Å². The fraction of sp³-hybridized carbons (Fsp3) is 0.455. The predicted molar refractivity (Wildman–Crippen MR) is 53.0 cm³/mol. The average molecular weight is 216 g/mol. The van der Waals surface area contributed by atoms with Crippen molar-refractivity contribution in [3.63, 3.8) is 0 Å². The lowest BCUT2D eigenvalue weighted by Gasteiger charge is -2.23. The third-order valence-electron chi connectivity index (χ3n) is 2.37. The van der Waals surface area contributed by atoms with E-state index < -0.39 is 17.0 Å². The quantitative estimate of drug-likeness (QED) is 0.839. The number of benzene rings is 1. The molecule has 0 heterocycles. The summed E-state index contributed by atoms with van der Waals surface area (Å²) in [5.74, 6) is -1.34. The van der Waals surface area contributed by atoms with Crippen LogP contribution in [0.4, 0.5) is 8.78 Å². The average Bonchev–Trinajstić information content (AvgIpc) is 2.20. The first-order valence-electron chi connectivity index (χ1n) is 4.56. The van der Waals surface area contributed by atoms with Gasteiger partial charge in [0.1, 0.15) is 5.82 Å². The van der Waals surface area contributed by atoms with Gasteiger partial charge in [-0.05, 0) is 11.6 Å². The van der Waals surface area contributed by atoms with Crippen LogP contribution in [0.15, 0.2) is 12.1 Å². The predicted octanol–water partition coefficient (Wildman–Crippen LogP) is 2.24. The summed E-state index contributed by atoms with van der Waals surface area (Å²) < 4.78 is 31.5. The van der Waals surface area contributed by atoms with Crippen LogP contribution in [-0.4, -0.2) is 18.8 Å². The maximum Gasteiger partial charge on any atom is 0.165 e. The van der Waals surface area contributed by atoms with Gasteiger partial charge in [0.25, 0.3) is 0 Å². The minimum Gasteiger partial charge on any atom is -0.494 e. The van der Waals surface area contributed by atoms with Gasteiger partial charge in [0, 0.05) is 11.5 Å². The molecule has 0 aliphatic heterocycles. The molecule has 0 aliphatic rings. The summed E-state index contributed by atoms with van der Waals surface area (Å²) >= 11 is 0. The summed E-state index contributed by atoms with van der Waals surface area (Å²) in [4.78, 5) is 0. The number of aliphatic hydroxyl groups is 1. The topological polar surface area (TPSA) is 29.5 Å². The second kappa shape index (κ2) is 4.14. The second-order valence-corrected chi connectivity index (χ2v) is 4.01. The Bertz CT molecular complexity index is 362. The molecule has 2 nitrogen and oxygen atoms in total. The zero-order valence-corrected chi connectivity index (χ0v) is 8.97. The Morgan fingerprint density at radius 3 is 2.33 bits per heavy atom. The maximum atomic E-state index is 13.5. The standard InChI is InChI=1S/C11H14F2O2/c1-11(2,6-14)7-4-9(13)10(15-3)5-8(7)12/h4-5,14H,6H2,1-3H3.